The lowest BCUT2D eigenvalue weighted by molar-refractivity contribution is -0.138. The Morgan fingerprint density at radius 3 is 2.32 bits per heavy atom. The van der Waals surface area contributed by atoms with Gasteiger partial charge in [0.2, 0.25) is 0 Å². The third-order valence-electron chi connectivity index (χ3n) is 5.50. The first kappa shape index (κ1) is 11.9. The minimum atomic E-state index is 0.0303. The van der Waals surface area contributed by atoms with Gasteiger partial charge in [-0.1, -0.05) is 6.07 Å². The van der Waals surface area contributed by atoms with Crippen molar-refractivity contribution in [2.45, 2.75) is 38.5 Å². The molecule has 1 heterocycles. The molecule has 2 heteroatoms. The molecule has 0 radical (unpaired) electrons. The first-order valence-electron chi connectivity index (χ1n) is 7.49. The van der Waals surface area contributed by atoms with Crippen LogP contribution in [0.5, 0.6) is 0 Å². The van der Waals surface area contributed by atoms with Gasteiger partial charge in [-0.15, -0.1) is 11.3 Å². The zero-order valence-electron chi connectivity index (χ0n) is 11.2. The van der Waals surface area contributed by atoms with Crippen LogP contribution in [-0.4, -0.2) is 5.78 Å². The van der Waals surface area contributed by atoms with Crippen molar-refractivity contribution in [2.24, 2.45) is 23.2 Å². The minimum Gasteiger partial charge on any atom is -0.294 e. The summed E-state index contributed by atoms with van der Waals surface area (Å²) < 4.78 is 0. The number of carbonyl (C=O) groups excluding carboxylic acids is 1. The first-order chi connectivity index (χ1) is 9.23. The summed E-state index contributed by atoms with van der Waals surface area (Å²) >= 11 is 1.70. The summed E-state index contributed by atoms with van der Waals surface area (Å²) in [5.74, 6) is 2.97. The van der Waals surface area contributed by atoms with E-state index in [1.165, 1.54) is 43.4 Å². The number of hydrogen-bond donors (Lipinski definition) is 0. The molecule has 0 N–H and O–H groups in total. The van der Waals surface area contributed by atoms with E-state index in [-0.39, 0.29) is 5.41 Å². The van der Waals surface area contributed by atoms with E-state index in [2.05, 4.69) is 11.4 Å². The monoisotopic (exact) mass is 272 g/mol. The zero-order valence-corrected chi connectivity index (χ0v) is 12.0. The van der Waals surface area contributed by atoms with Gasteiger partial charge in [-0.05, 0) is 79.9 Å². The van der Waals surface area contributed by atoms with Gasteiger partial charge in [-0.2, -0.15) is 0 Å². The molecule has 0 saturated heterocycles. The van der Waals surface area contributed by atoms with Gasteiger partial charge >= 0.3 is 0 Å². The molecule has 4 fully saturated rings. The quantitative estimate of drug-likeness (QED) is 0.738. The maximum absolute atomic E-state index is 12.7. The van der Waals surface area contributed by atoms with Crippen molar-refractivity contribution in [1.82, 2.24) is 0 Å². The van der Waals surface area contributed by atoms with Crippen molar-refractivity contribution in [3.63, 3.8) is 0 Å². The largest absolute Gasteiger partial charge is 0.294 e. The van der Waals surface area contributed by atoms with Crippen LogP contribution in [0, 0.1) is 23.2 Å². The molecule has 0 amide bonds. The van der Waals surface area contributed by atoms with Crippen LogP contribution >= 0.6 is 11.3 Å². The summed E-state index contributed by atoms with van der Waals surface area (Å²) in [6, 6.07) is 4.12. The molecular formula is C17H20OS. The van der Waals surface area contributed by atoms with Crippen LogP contribution in [0.3, 0.4) is 0 Å². The first-order valence-corrected chi connectivity index (χ1v) is 8.37. The molecule has 4 aliphatic carbocycles. The van der Waals surface area contributed by atoms with E-state index in [9.17, 15) is 4.79 Å². The summed E-state index contributed by atoms with van der Waals surface area (Å²) in [7, 11) is 0. The summed E-state index contributed by atoms with van der Waals surface area (Å²) in [4.78, 5) is 13.9. The smallest absolute Gasteiger partial charge is 0.161 e. The van der Waals surface area contributed by atoms with Crippen LogP contribution in [-0.2, 0) is 4.79 Å². The Balaban J connectivity index is 1.56. The van der Waals surface area contributed by atoms with Gasteiger partial charge in [0.15, 0.2) is 5.78 Å². The Hall–Kier alpha value is -0.890. The van der Waals surface area contributed by atoms with Crippen molar-refractivity contribution in [1.29, 1.82) is 0 Å². The second kappa shape index (κ2) is 4.31. The van der Waals surface area contributed by atoms with Crippen LogP contribution in [0.1, 0.15) is 43.4 Å². The molecule has 1 aromatic rings. The molecule has 1 aromatic heterocycles. The Morgan fingerprint density at radius 2 is 1.79 bits per heavy atom. The summed E-state index contributed by atoms with van der Waals surface area (Å²) in [6.45, 7) is 0. The molecule has 0 unspecified atom stereocenters. The molecule has 100 valence electrons. The van der Waals surface area contributed by atoms with Crippen LogP contribution in [0.2, 0.25) is 0 Å². The highest BCUT2D eigenvalue weighted by Crippen LogP contribution is 2.60. The van der Waals surface area contributed by atoms with E-state index in [1.54, 1.807) is 11.3 Å². The molecule has 0 atom stereocenters. The average Bonchev–Trinajstić information content (AvgIpc) is 2.87. The highest BCUT2D eigenvalue weighted by atomic mass is 32.1. The Kier molecular flexibility index (Phi) is 2.70. The highest BCUT2D eigenvalue weighted by molar-refractivity contribution is 7.10. The van der Waals surface area contributed by atoms with Crippen LogP contribution < -0.4 is 0 Å². The molecule has 1 nitrogen and oxygen atoms in total. The van der Waals surface area contributed by atoms with Crippen molar-refractivity contribution in [3.8, 4) is 0 Å². The maximum atomic E-state index is 12.7. The third kappa shape index (κ3) is 2.01. The Morgan fingerprint density at radius 1 is 1.16 bits per heavy atom. The van der Waals surface area contributed by atoms with E-state index in [0.29, 0.717) is 5.78 Å². The molecule has 0 aliphatic heterocycles. The molecule has 4 bridgehead atoms. The third-order valence-corrected chi connectivity index (χ3v) is 6.34. The van der Waals surface area contributed by atoms with Gasteiger partial charge in [0.1, 0.15) is 0 Å². The maximum Gasteiger partial charge on any atom is 0.161 e. The van der Waals surface area contributed by atoms with E-state index in [0.717, 1.165) is 17.8 Å². The normalized spacial score (nSPS) is 40.1. The minimum absolute atomic E-state index is 0.0303. The summed E-state index contributed by atoms with van der Waals surface area (Å²) in [6.07, 6.45) is 11.6. The van der Waals surface area contributed by atoms with Crippen LogP contribution in [0.25, 0.3) is 6.08 Å². The molecular weight excluding hydrogens is 252 g/mol. The molecule has 4 aliphatic rings. The van der Waals surface area contributed by atoms with E-state index < -0.39 is 0 Å². The van der Waals surface area contributed by atoms with Crippen LogP contribution in [0.4, 0.5) is 0 Å². The zero-order chi connectivity index (χ0) is 12.9. The van der Waals surface area contributed by atoms with E-state index in [4.69, 9.17) is 0 Å². The molecule has 5 rings (SSSR count). The number of thiophene rings is 1. The van der Waals surface area contributed by atoms with Gasteiger partial charge < -0.3 is 0 Å². The van der Waals surface area contributed by atoms with Gasteiger partial charge in [0.25, 0.3) is 0 Å². The molecule has 0 aromatic carbocycles. The van der Waals surface area contributed by atoms with Crippen molar-refractivity contribution < 1.29 is 4.79 Å². The van der Waals surface area contributed by atoms with Crippen LogP contribution in [0.15, 0.2) is 23.6 Å². The fraction of sp³-hybridized carbons (Fsp3) is 0.588. The van der Waals surface area contributed by atoms with Crippen molar-refractivity contribution in [2.75, 3.05) is 0 Å². The van der Waals surface area contributed by atoms with Gasteiger partial charge in [-0.25, -0.2) is 0 Å². The predicted octanol–water partition coefficient (Wildman–Crippen LogP) is 4.55. The summed E-state index contributed by atoms with van der Waals surface area (Å²) in [5, 5.41) is 2.06. The topological polar surface area (TPSA) is 17.1 Å². The van der Waals surface area contributed by atoms with Gasteiger partial charge in [0, 0.05) is 10.3 Å². The molecule has 0 spiro atoms. The lowest BCUT2D eigenvalue weighted by atomic mass is 9.48. The van der Waals surface area contributed by atoms with E-state index >= 15 is 0 Å². The lowest BCUT2D eigenvalue weighted by Crippen LogP contribution is -2.49. The lowest BCUT2D eigenvalue weighted by Gasteiger charge is -2.55. The second-order valence-corrected chi connectivity index (χ2v) is 7.89. The number of hydrogen-bond acceptors (Lipinski definition) is 2. The second-order valence-electron chi connectivity index (χ2n) is 6.91. The van der Waals surface area contributed by atoms with Crippen molar-refractivity contribution >= 4 is 23.2 Å². The fourth-order valence-electron chi connectivity index (χ4n) is 5.13. The summed E-state index contributed by atoms with van der Waals surface area (Å²) in [5.41, 5.74) is 0.0303. The highest BCUT2D eigenvalue weighted by Gasteiger charge is 2.53. The number of ketones is 1. The number of rotatable bonds is 3. The van der Waals surface area contributed by atoms with Gasteiger partial charge in [0.05, 0.1) is 0 Å². The Labute approximate surface area is 118 Å². The average molecular weight is 272 g/mol. The SMILES string of the molecule is O=C(/C=C/c1cccs1)C12CC3CC(CC(C3)C1)C2. The van der Waals surface area contributed by atoms with Gasteiger partial charge in [-0.3, -0.25) is 4.79 Å². The standard InChI is InChI=1S/C17H20OS/c18-16(4-3-15-2-1-5-19-15)17-9-12-6-13(10-17)8-14(7-12)11-17/h1-5,12-14H,6-11H2/b4-3+. The fourth-order valence-corrected chi connectivity index (χ4v) is 5.75. The molecule has 4 saturated carbocycles. The van der Waals surface area contributed by atoms with Crippen molar-refractivity contribution in [3.05, 3.63) is 28.5 Å². The number of allylic oxidation sites excluding steroid dienone is 1. The predicted molar refractivity (Wildman–Crippen MR) is 79.0 cm³/mol. The molecule has 19 heavy (non-hydrogen) atoms. The van der Waals surface area contributed by atoms with E-state index in [1.807, 2.05) is 18.2 Å². The number of carbonyl (C=O) groups is 1. The Bertz CT molecular complexity index is 476.